The van der Waals surface area contributed by atoms with Crippen molar-refractivity contribution in [2.24, 2.45) is 11.7 Å². The van der Waals surface area contributed by atoms with E-state index in [1.54, 1.807) is 18.3 Å². The van der Waals surface area contributed by atoms with Crippen molar-refractivity contribution in [3.8, 4) is 11.4 Å². The minimum absolute atomic E-state index is 0.0479. The van der Waals surface area contributed by atoms with Crippen molar-refractivity contribution in [1.29, 1.82) is 0 Å². The maximum absolute atomic E-state index is 13.3. The van der Waals surface area contributed by atoms with Gasteiger partial charge in [0, 0.05) is 42.5 Å². The van der Waals surface area contributed by atoms with Crippen LogP contribution in [0, 0.1) is 5.92 Å². The van der Waals surface area contributed by atoms with Crippen LogP contribution in [0.15, 0.2) is 54.9 Å². The minimum atomic E-state index is -3.57. The van der Waals surface area contributed by atoms with Gasteiger partial charge in [0.2, 0.25) is 0 Å². The zero-order valence-electron chi connectivity index (χ0n) is 24.2. The lowest BCUT2D eigenvalue weighted by molar-refractivity contribution is 0.0565. The standard InChI is InChI=1S/C28H34F4N10O2S/c29-25(30)15-35-19-3-1-17(2-4-19)12-36-23-11-28(33,37-14-21(23)22-8-10-41(40-22)27(31)32)24-7-9-34-26(39-24)18-13-38-42(16-18)45(43,44)20-5-6-20/h7-11,13-14,16-17,19-20,25,27,35-37H,1-6,12,15,33H2. The normalized spacial score (nSPS) is 24.0. The van der Waals surface area contributed by atoms with E-state index in [0.717, 1.165) is 29.8 Å². The summed E-state index contributed by atoms with van der Waals surface area (Å²) in [5, 5.41) is 17.1. The fraction of sp³-hybridized carbons (Fsp3) is 0.500. The molecule has 2 aliphatic carbocycles. The molecule has 3 aliphatic rings. The first-order chi connectivity index (χ1) is 21.5. The number of hydrogen-bond acceptors (Lipinski definition) is 10. The Labute approximate surface area is 257 Å². The maximum Gasteiger partial charge on any atom is 0.333 e. The van der Waals surface area contributed by atoms with Crippen molar-refractivity contribution in [3.05, 3.63) is 66.3 Å². The Morgan fingerprint density at radius 3 is 2.58 bits per heavy atom. The monoisotopic (exact) mass is 650 g/mol. The van der Waals surface area contributed by atoms with Crippen LogP contribution in [0.5, 0.6) is 0 Å². The van der Waals surface area contributed by atoms with E-state index in [4.69, 9.17) is 5.73 Å². The van der Waals surface area contributed by atoms with E-state index < -0.39 is 33.9 Å². The molecule has 0 saturated heterocycles. The maximum atomic E-state index is 13.3. The lowest BCUT2D eigenvalue weighted by Crippen LogP contribution is -2.50. The first-order valence-electron chi connectivity index (χ1n) is 14.7. The molecule has 1 atom stereocenters. The van der Waals surface area contributed by atoms with Crippen molar-refractivity contribution in [2.75, 3.05) is 13.1 Å². The van der Waals surface area contributed by atoms with Crippen molar-refractivity contribution in [3.63, 3.8) is 0 Å². The molecule has 2 saturated carbocycles. The molecular weight excluding hydrogens is 616 g/mol. The van der Waals surface area contributed by atoms with Gasteiger partial charge < -0.3 is 21.7 Å². The van der Waals surface area contributed by atoms with Crippen LogP contribution >= 0.6 is 0 Å². The Balaban J connectivity index is 1.23. The van der Waals surface area contributed by atoms with Gasteiger partial charge in [-0.05, 0) is 62.7 Å². The molecule has 0 amide bonds. The molecule has 3 aromatic rings. The molecule has 45 heavy (non-hydrogen) atoms. The number of halogens is 4. The molecule has 0 spiro atoms. The van der Waals surface area contributed by atoms with Crippen LogP contribution in [-0.4, -0.2) is 68.2 Å². The molecule has 3 aromatic heterocycles. The van der Waals surface area contributed by atoms with Crippen LogP contribution in [0.3, 0.4) is 0 Å². The van der Waals surface area contributed by atoms with E-state index in [9.17, 15) is 26.0 Å². The number of nitrogens with zero attached hydrogens (tertiary/aromatic N) is 6. The topological polar surface area (TPSA) is 158 Å². The highest BCUT2D eigenvalue weighted by Crippen LogP contribution is 2.32. The zero-order chi connectivity index (χ0) is 31.8. The SMILES string of the molecule is NC1(c2ccnc(-c3cnn(S(=O)(=O)C4CC4)c3)n2)C=C(NCC2CCC(NCC(F)F)CC2)C(c2ccn(C(F)F)n2)=CN1. The highest BCUT2D eigenvalue weighted by molar-refractivity contribution is 7.90. The van der Waals surface area contributed by atoms with Crippen LogP contribution in [-0.2, 0) is 15.7 Å². The molecular formula is C28H34F4N10O2S. The summed E-state index contributed by atoms with van der Waals surface area (Å²) in [5.74, 6) is 0.480. The highest BCUT2D eigenvalue weighted by Gasteiger charge is 2.38. The molecule has 1 unspecified atom stereocenters. The molecule has 1 aliphatic heterocycles. The molecule has 6 rings (SSSR count). The van der Waals surface area contributed by atoms with Gasteiger partial charge in [0.1, 0.15) is 0 Å². The number of rotatable bonds is 12. The zero-order valence-corrected chi connectivity index (χ0v) is 25.0. The van der Waals surface area contributed by atoms with Crippen LogP contribution < -0.4 is 21.7 Å². The summed E-state index contributed by atoms with van der Waals surface area (Å²) >= 11 is 0. The fourth-order valence-corrected chi connectivity index (χ4v) is 7.08. The van der Waals surface area contributed by atoms with Crippen LogP contribution in [0.25, 0.3) is 17.0 Å². The Morgan fingerprint density at radius 1 is 1.11 bits per heavy atom. The van der Waals surface area contributed by atoms with Gasteiger partial charge in [-0.1, -0.05) is 0 Å². The van der Waals surface area contributed by atoms with Crippen molar-refractivity contribution in [1.82, 2.24) is 44.9 Å². The van der Waals surface area contributed by atoms with Gasteiger partial charge >= 0.3 is 6.55 Å². The van der Waals surface area contributed by atoms with Crippen LogP contribution in [0.2, 0.25) is 0 Å². The number of aromatic nitrogens is 6. The Morgan fingerprint density at radius 2 is 1.89 bits per heavy atom. The first-order valence-corrected chi connectivity index (χ1v) is 16.2. The third-order valence-electron chi connectivity index (χ3n) is 8.29. The predicted molar refractivity (Wildman–Crippen MR) is 157 cm³/mol. The molecule has 0 radical (unpaired) electrons. The molecule has 0 aromatic carbocycles. The molecule has 5 N–H and O–H groups in total. The van der Waals surface area contributed by atoms with Gasteiger partial charge in [-0.25, -0.2) is 31.8 Å². The van der Waals surface area contributed by atoms with E-state index in [-0.39, 0.29) is 24.3 Å². The van der Waals surface area contributed by atoms with Gasteiger partial charge in [-0.15, -0.1) is 0 Å². The number of hydrogen-bond donors (Lipinski definition) is 4. The van der Waals surface area contributed by atoms with E-state index in [2.05, 4.69) is 36.1 Å². The number of allylic oxidation sites excluding steroid dienone is 1. The van der Waals surface area contributed by atoms with E-state index in [1.165, 1.54) is 30.9 Å². The number of nitrogens with two attached hydrogens (primary N) is 1. The molecule has 2 fully saturated rings. The smallest absolute Gasteiger partial charge is 0.333 e. The predicted octanol–water partition coefficient (Wildman–Crippen LogP) is 2.91. The average Bonchev–Trinajstić information content (AvgIpc) is 3.56. The molecule has 17 heteroatoms. The minimum Gasteiger partial charge on any atom is -0.384 e. The average molecular weight is 651 g/mol. The van der Waals surface area contributed by atoms with Crippen molar-refractivity contribution >= 4 is 15.6 Å². The van der Waals surface area contributed by atoms with E-state index in [1.807, 2.05) is 0 Å². The largest absolute Gasteiger partial charge is 0.384 e. The number of alkyl halides is 4. The Bertz CT molecular complexity index is 1680. The second-order valence-corrected chi connectivity index (χ2v) is 13.7. The van der Waals surface area contributed by atoms with Gasteiger partial charge in [0.15, 0.2) is 11.5 Å². The van der Waals surface area contributed by atoms with Crippen LogP contribution in [0.4, 0.5) is 17.6 Å². The summed E-state index contributed by atoms with van der Waals surface area (Å²) < 4.78 is 78.5. The van der Waals surface area contributed by atoms with Crippen LogP contribution in [0.1, 0.15) is 56.5 Å². The first kappa shape index (κ1) is 31.2. The summed E-state index contributed by atoms with van der Waals surface area (Å²) in [6.07, 6.45) is 10.8. The fourth-order valence-electron chi connectivity index (χ4n) is 5.60. The molecule has 0 bridgehead atoms. The second-order valence-electron chi connectivity index (χ2n) is 11.6. The number of nitrogens with one attached hydrogen (secondary N) is 3. The Kier molecular flexibility index (Phi) is 8.67. The lowest BCUT2D eigenvalue weighted by Gasteiger charge is -2.34. The summed E-state index contributed by atoms with van der Waals surface area (Å²) in [7, 11) is -3.57. The molecule has 12 nitrogen and oxygen atoms in total. The van der Waals surface area contributed by atoms with Gasteiger partial charge in [0.05, 0.1) is 41.1 Å². The lowest BCUT2D eigenvalue weighted by atomic mass is 9.85. The van der Waals surface area contributed by atoms with Crippen molar-refractivity contribution < 1.29 is 26.0 Å². The van der Waals surface area contributed by atoms with Gasteiger partial charge in [0.25, 0.3) is 16.4 Å². The van der Waals surface area contributed by atoms with E-state index >= 15 is 0 Å². The molecule has 4 heterocycles. The summed E-state index contributed by atoms with van der Waals surface area (Å²) in [4.78, 5) is 8.91. The van der Waals surface area contributed by atoms with Crippen molar-refractivity contribution in [2.45, 2.75) is 68.5 Å². The summed E-state index contributed by atoms with van der Waals surface area (Å²) in [6, 6.07) is 3.15. The Hall–Kier alpha value is -3.83. The second kappa shape index (κ2) is 12.5. The summed E-state index contributed by atoms with van der Waals surface area (Å²) in [6.45, 7) is -2.58. The van der Waals surface area contributed by atoms with Gasteiger partial charge in [-0.3, -0.25) is 0 Å². The highest BCUT2D eigenvalue weighted by atomic mass is 32.2. The quantitative estimate of drug-likeness (QED) is 0.215. The molecule has 242 valence electrons. The third-order valence-corrected chi connectivity index (χ3v) is 10.3. The third kappa shape index (κ3) is 6.89. The van der Waals surface area contributed by atoms with Gasteiger partial charge in [-0.2, -0.15) is 23.1 Å². The summed E-state index contributed by atoms with van der Waals surface area (Å²) in [5.41, 5.74) is 7.60. The number of dihydropyridines is 1. The van der Waals surface area contributed by atoms with E-state index in [0.29, 0.717) is 52.3 Å².